The van der Waals surface area contributed by atoms with Crippen LogP contribution in [0.2, 0.25) is 0 Å². The molecule has 5 rings (SSSR count). The van der Waals surface area contributed by atoms with Crippen LogP contribution in [0.4, 0.5) is 8.78 Å². The van der Waals surface area contributed by atoms with Crippen molar-refractivity contribution in [1.82, 2.24) is 19.8 Å². The van der Waals surface area contributed by atoms with Gasteiger partial charge in [0.1, 0.15) is 11.5 Å². The molecule has 8 heteroatoms. The van der Waals surface area contributed by atoms with Crippen molar-refractivity contribution < 1.29 is 18.3 Å². The van der Waals surface area contributed by atoms with Crippen molar-refractivity contribution >= 4 is 16.9 Å². The summed E-state index contributed by atoms with van der Waals surface area (Å²) in [4.78, 5) is 19.7. The fourth-order valence-corrected chi connectivity index (χ4v) is 4.52. The van der Waals surface area contributed by atoms with Gasteiger partial charge in [-0.1, -0.05) is 24.8 Å². The Morgan fingerprint density at radius 3 is 2.76 bits per heavy atom. The highest BCUT2D eigenvalue weighted by Crippen LogP contribution is 2.40. The zero-order chi connectivity index (χ0) is 23.3. The smallest absolute Gasteiger partial charge is 0.387 e. The van der Waals surface area contributed by atoms with Gasteiger partial charge in [0.15, 0.2) is 5.75 Å². The van der Waals surface area contributed by atoms with E-state index in [9.17, 15) is 13.6 Å². The van der Waals surface area contributed by atoms with Gasteiger partial charge in [0, 0.05) is 25.7 Å². The van der Waals surface area contributed by atoms with Crippen molar-refractivity contribution in [3.05, 3.63) is 53.3 Å². The number of nitrogens with zero attached hydrogens (tertiary/aromatic N) is 3. The number of imidazole rings is 1. The van der Waals surface area contributed by atoms with Crippen LogP contribution in [-0.2, 0) is 0 Å². The topological polar surface area (TPSA) is 59.4 Å². The number of para-hydroxylation sites is 1. The standard InChI is InChI=1S/C25H24F2N4O2/c1-4-18-22-29-17-9-8-15(10-11-25(2)13-28-14-25)12-19(17)31(22)21-16(23(32)30(18)3)6-5-7-20(21)33-24(26)27/h5-9,12,18,24,28H,4,13-14H2,1-3H3. The molecule has 0 radical (unpaired) electrons. The first kappa shape index (κ1) is 21.4. The molecule has 1 N–H and O–H groups in total. The minimum atomic E-state index is -3.02. The van der Waals surface area contributed by atoms with E-state index in [2.05, 4.69) is 24.1 Å². The molecule has 0 aliphatic carbocycles. The normalized spacial score (nSPS) is 18.8. The minimum absolute atomic E-state index is 0.0589. The number of fused-ring (bicyclic) bond motifs is 5. The molecule has 0 saturated carbocycles. The molecule has 170 valence electrons. The van der Waals surface area contributed by atoms with Crippen molar-refractivity contribution in [3.63, 3.8) is 0 Å². The second-order valence-corrected chi connectivity index (χ2v) is 8.79. The Hall–Kier alpha value is -3.44. The fourth-order valence-electron chi connectivity index (χ4n) is 4.52. The Kier molecular flexibility index (Phi) is 5.09. The molecule has 2 aliphatic rings. The minimum Gasteiger partial charge on any atom is -0.433 e. The van der Waals surface area contributed by atoms with E-state index in [-0.39, 0.29) is 34.4 Å². The summed E-state index contributed by atoms with van der Waals surface area (Å²) < 4.78 is 33.2. The Balaban J connectivity index is 1.78. The summed E-state index contributed by atoms with van der Waals surface area (Å²) >= 11 is 0. The van der Waals surface area contributed by atoms with Gasteiger partial charge in [0.25, 0.3) is 5.91 Å². The number of amides is 1. The molecule has 1 aromatic heterocycles. The maximum Gasteiger partial charge on any atom is 0.387 e. The zero-order valence-electron chi connectivity index (χ0n) is 18.7. The molecule has 2 aliphatic heterocycles. The molecule has 0 spiro atoms. The third-order valence-corrected chi connectivity index (χ3v) is 6.36. The predicted octanol–water partition coefficient (Wildman–Crippen LogP) is 4.12. The van der Waals surface area contributed by atoms with Gasteiger partial charge in [-0.3, -0.25) is 9.36 Å². The SMILES string of the molecule is CCC1c2nc3ccc(C#CC4(C)CNC4)cc3n2-c2c(OC(F)F)cccc2C(=O)N1C. The quantitative estimate of drug-likeness (QED) is 0.610. The van der Waals surface area contributed by atoms with E-state index in [0.29, 0.717) is 23.3 Å². The summed E-state index contributed by atoms with van der Waals surface area (Å²) in [5.41, 5.74) is 2.70. The van der Waals surface area contributed by atoms with Crippen LogP contribution in [0.3, 0.4) is 0 Å². The first-order valence-electron chi connectivity index (χ1n) is 10.9. The van der Waals surface area contributed by atoms with Crippen LogP contribution in [0.5, 0.6) is 5.75 Å². The van der Waals surface area contributed by atoms with Crippen molar-refractivity contribution in [1.29, 1.82) is 0 Å². The highest BCUT2D eigenvalue weighted by molar-refractivity contribution is 6.00. The van der Waals surface area contributed by atoms with Crippen molar-refractivity contribution in [2.75, 3.05) is 20.1 Å². The van der Waals surface area contributed by atoms with Gasteiger partial charge in [0.2, 0.25) is 0 Å². The molecular weight excluding hydrogens is 426 g/mol. The number of carbonyl (C=O) groups is 1. The largest absolute Gasteiger partial charge is 0.433 e. The van der Waals surface area contributed by atoms with Crippen molar-refractivity contribution in [3.8, 4) is 23.3 Å². The molecule has 2 aromatic carbocycles. The third-order valence-electron chi connectivity index (χ3n) is 6.36. The van der Waals surface area contributed by atoms with Gasteiger partial charge in [-0.15, -0.1) is 0 Å². The lowest BCUT2D eigenvalue weighted by Crippen LogP contribution is -2.50. The molecule has 6 nitrogen and oxygen atoms in total. The van der Waals surface area contributed by atoms with Gasteiger partial charge >= 0.3 is 6.61 Å². The molecule has 1 amide bonds. The summed E-state index contributed by atoms with van der Waals surface area (Å²) in [7, 11) is 1.71. The van der Waals surface area contributed by atoms with E-state index in [4.69, 9.17) is 9.72 Å². The molecule has 0 bridgehead atoms. The molecular formula is C25H24F2N4O2. The summed E-state index contributed by atoms with van der Waals surface area (Å²) in [5, 5.41) is 3.24. The lowest BCUT2D eigenvalue weighted by Gasteiger charge is -2.34. The molecule has 1 atom stereocenters. The average Bonchev–Trinajstić information content (AvgIpc) is 3.09. The number of benzene rings is 2. The van der Waals surface area contributed by atoms with E-state index in [1.165, 1.54) is 6.07 Å². The van der Waals surface area contributed by atoms with E-state index in [0.717, 1.165) is 18.7 Å². The molecule has 1 saturated heterocycles. The highest BCUT2D eigenvalue weighted by atomic mass is 19.3. The van der Waals surface area contributed by atoms with Gasteiger partial charge in [-0.2, -0.15) is 8.78 Å². The number of aromatic nitrogens is 2. The van der Waals surface area contributed by atoms with Crippen LogP contribution < -0.4 is 10.1 Å². The number of hydrogen-bond acceptors (Lipinski definition) is 4. The molecule has 1 fully saturated rings. The van der Waals surface area contributed by atoms with Gasteiger partial charge in [-0.05, 0) is 43.7 Å². The first-order chi connectivity index (χ1) is 15.8. The number of halogens is 2. The number of rotatable bonds is 3. The Labute approximate surface area is 190 Å². The lowest BCUT2D eigenvalue weighted by atomic mass is 9.85. The Morgan fingerprint density at radius 1 is 1.30 bits per heavy atom. The Morgan fingerprint density at radius 2 is 2.09 bits per heavy atom. The summed E-state index contributed by atoms with van der Waals surface area (Å²) in [6.07, 6.45) is 0.614. The number of nitrogens with one attached hydrogen (secondary N) is 1. The van der Waals surface area contributed by atoms with E-state index in [1.54, 1.807) is 28.6 Å². The fraction of sp³-hybridized carbons (Fsp3) is 0.360. The van der Waals surface area contributed by atoms with Crippen LogP contribution in [0.1, 0.15) is 48.1 Å². The number of ether oxygens (including phenoxy) is 1. The van der Waals surface area contributed by atoms with Gasteiger partial charge in [0.05, 0.1) is 28.1 Å². The van der Waals surface area contributed by atoms with Crippen molar-refractivity contribution in [2.45, 2.75) is 32.9 Å². The Bertz CT molecular complexity index is 1320. The van der Waals surface area contributed by atoms with Crippen LogP contribution in [0.15, 0.2) is 36.4 Å². The summed E-state index contributed by atoms with van der Waals surface area (Å²) in [6, 6.07) is 10.0. The van der Waals surface area contributed by atoms with E-state index < -0.39 is 6.61 Å². The molecule has 3 aromatic rings. The monoisotopic (exact) mass is 450 g/mol. The maximum atomic E-state index is 13.3. The maximum absolute atomic E-state index is 13.3. The summed E-state index contributed by atoms with van der Waals surface area (Å²) in [5.74, 6) is 6.84. The zero-order valence-corrected chi connectivity index (χ0v) is 18.7. The van der Waals surface area contributed by atoms with E-state index in [1.807, 2.05) is 25.1 Å². The van der Waals surface area contributed by atoms with Crippen LogP contribution in [0.25, 0.3) is 16.7 Å². The van der Waals surface area contributed by atoms with Crippen LogP contribution >= 0.6 is 0 Å². The van der Waals surface area contributed by atoms with Gasteiger partial charge in [-0.25, -0.2) is 4.98 Å². The number of carbonyl (C=O) groups excluding carboxylic acids is 1. The lowest BCUT2D eigenvalue weighted by molar-refractivity contribution is -0.0498. The number of alkyl halides is 2. The van der Waals surface area contributed by atoms with Crippen LogP contribution in [-0.4, -0.2) is 47.1 Å². The first-order valence-corrected chi connectivity index (χ1v) is 10.9. The van der Waals surface area contributed by atoms with Gasteiger partial charge < -0.3 is 15.0 Å². The summed E-state index contributed by atoms with van der Waals surface area (Å²) in [6.45, 7) is 2.75. The molecule has 33 heavy (non-hydrogen) atoms. The predicted molar refractivity (Wildman–Crippen MR) is 121 cm³/mol. The van der Waals surface area contributed by atoms with E-state index >= 15 is 0 Å². The second kappa shape index (κ2) is 7.85. The average molecular weight is 450 g/mol. The third kappa shape index (κ3) is 3.53. The number of hydrogen-bond donors (Lipinski definition) is 1. The second-order valence-electron chi connectivity index (χ2n) is 8.79. The van der Waals surface area contributed by atoms with Crippen molar-refractivity contribution in [2.24, 2.45) is 5.41 Å². The molecule has 1 unspecified atom stereocenters. The highest BCUT2D eigenvalue weighted by Gasteiger charge is 2.35. The molecule has 3 heterocycles. The van der Waals surface area contributed by atoms with Crippen LogP contribution in [0, 0.1) is 17.3 Å².